The number of benzene rings is 1. The number of carbonyl (C=O) groups excluding carboxylic acids is 1. The Balaban J connectivity index is 3.33. The van der Waals surface area contributed by atoms with Crippen LogP contribution in [-0.4, -0.2) is 5.91 Å². The maximum atomic E-state index is 13.1. The van der Waals surface area contributed by atoms with E-state index in [2.05, 4.69) is 15.9 Å². The van der Waals surface area contributed by atoms with Crippen molar-refractivity contribution in [2.75, 3.05) is 0 Å². The highest BCUT2D eigenvalue weighted by atomic mass is 79.9. The van der Waals surface area contributed by atoms with Crippen LogP contribution in [0, 0.1) is 12.7 Å². The Morgan fingerprint density at radius 1 is 1.62 bits per heavy atom. The van der Waals surface area contributed by atoms with Crippen molar-refractivity contribution in [3.63, 3.8) is 0 Å². The van der Waals surface area contributed by atoms with Crippen LogP contribution in [-0.2, 0) is 0 Å². The largest absolute Gasteiger partial charge is 0.290 e. The molecule has 0 aromatic heterocycles. The van der Waals surface area contributed by atoms with Gasteiger partial charge in [0.25, 0.3) is 5.91 Å². The molecule has 3 N–H and O–H groups in total. The summed E-state index contributed by atoms with van der Waals surface area (Å²) in [7, 11) is 0. The lowest BCUT2D eigenvalue weighted by Crippen LogP contribution is -2.31. The van der Waals surface area contributed by atoms with E-state index >= 15 is 0 Å². The van der Waals surface area contributed by atoms with Gasteiger partial charge in [-0.15, -0.1) is 0 Å². The van der Waals surface area contributed by atoms with E-state index in [4.69, 9.17) is 5.84 Å². The third-order valence-corrected chi connectivity index (χ3v) is 2.66. The zero-order valence-corrected chi connectivity index (χ0v) is 8.48. The van der Waals surface area contributed by atoms with Crippen molar-refractivity contribution in [3.8, 4) is 0 Å². The van der Waals surface area contributed by atoms with Gasteiger partial charge in [-0.2, -0.15) is 0 Å². The van der Waals surface area contributed by atoms with Gasteiger partial charge in [0, 0.05) is 4.47 Å². The van der Waals surface area contributed by atoms with Gasteiger partial charge in [-0.05, 0) is 34.5 Å². The molecule has 1 rings (SSSR count). The fraction of sp³-hybridized carbons (Fsp3) is 0.125. The second-order valence-electron chi connectivity index (χ2n) is 2.53. The van der Waals surface area contributed by atoms with Crippen molar-refractivity contribution < 1.29 is 9.18 Å². The number of nitrogen functional groups attached to an aromatic ring is 1. The summed E-state index contributed by atoms with van der Waals surface area (Å²) < 4.78 is 13.5. The molecule has 0 aliphatic heterocycles. The topological polar surface area (TPSA) is 55.1 Å². The Bertz CT molecular complexity index is 354. The first-order chi connectivity index (χ1) is 6.07. The highest BCUT2D eigenvalue weighted by molar-refractivity contribution is 9.10. The normalized spacial score (nSPS) is 9.85. The molecule has 0 radical (unpaired) electrons. The van der Waals surface area contributed by atoms with E-state index in [0.717, 1.165) is 5.56 Å². The summed E-state index contributed by atoms with van der Waals surface area (Å²) in [6.45, 7) is 1.76. The molecule has 0 saturated carbocycles. The summed E-state index contributed by atoms with van der Waals surface area (Å²) in [5.41, 5.74) is 2.59. The molecule has 1 aromatic carbocycles. The van der Waals surface area contributed by atoms with Gasteiger partial charge in [0.2, 0.25) is 0 Å². The van der Waals surface area contributed by atoms with E-state index in [-0.39, 0.29) is 5.56 Å². The van der Waals surface area contributed by atoms with Gasteiger partial charge in [0.1, 0.15) is 5.82 Å². The number of nitrogens with one attached hydrogen (secondary N) is 1. The van der Waals surface area contributed by atoms with Gasteiger partial charge in [-0.1, -0.05) is 6.07 Å². The van der Waals surface area contributed by atoms with Crippen molar-refractivity contribution in [3.05, 3.63) is 33.5 Å². The Morgan fingerprint density at radius 2 is 2.23 bits per heavy atom. The first-order valence-electron chi connectivity index (χ1n) is 3.53. The number of carbonyl (C=O) groups is 1. The van der Waals surface area contributed by atoms with Crippen LogP contribution in [0.5, 0.6) is 0 Å². The van der Waals surface area contributed by atoms with Crippen molar-refractivity contribution in [1.82, 2.24) is 5.43 Å². The Labute approximate surface area is 83.2 Å². The van der Waals surface area contributed by atoms with Gasteiger partial charge >= 0.3 is 0 Å². The fourth-order valence-electron chi connectivity index (χ4n) is 0.937. The molecule has 0 atom stereocenters. The molecule has 1 aromatic rings. The zero-order chi connectivity index (χ0) is 10.0. The molecule has 0 spiro atoms. The van der Waals surface area contributed by atoms with Crippen molar-refractivity contribution in [2.24, 2.45) is 5.84 Å². The van der Waals surface area contributed by atoms with E-state index < -0.39 is 11.7 Å². The van der Waals surface area contributed by atoms with Gasteiger partial charge in [0.15, 0.2) is 0 Å². The van der Waals surface area contributed by atoms with Crippen LogP contribution in [0.3, 0.4) is 0 Å². The van der Waals surface area contributed by atoms with E-state index in [1.54, 1.807) is 13.0 Å². The molecule has 0 fully saturated rings. The van der Waals surface area contributed by atoms with Crippen LogP contribution >= 0.6 is 15.9 Å². The Hall–Kier alpha value is -0.940. The fourth-order valence-corrected chi connectivity index (χ4v) is 1.44. The first-order valence-corrected chi connectivity index (χ1v) is 4.32. The molecule has 13 heavy (non-hydrogen) atoms. The molecular weight excluding hydrogens is 239 g/mol. The number of hydrazine groups is 1. The van der Waals surface area contributed by atoms with Crippen LogP contribution < -0.4 is 11.3 Å². The molecule has 0 unspecified atom stereocenters. The number of halogens is 2. The molecule has 0 aliphatic rings. The Kier molecular flexibility index (Phi) is 3.00. The number of rotatable bonds is 1. The summed E-state index contributed by atoms with van der Waals surface area (Å²) in [6.07, 6.45) is 0. The van der Waals surface area contributed by atoms with Crippen LogP contribution in [0.25, 0.3) is 0 Å². The summed E-state index contributed by atoms with van der Waals surface area (Å²) in [5, 5.41) is 0. The van der Waals surface area contributed by atoms with Gasteiger partial charge in [-0.25, -0.2) is 10.2 Å². The molecule has 1 amide bonds. The van der Waals surface area contributed by atoms with E-state index in [1.165, 1.54) is 6.07 Å². The summed E-state index contributed by atoms with van der Waals surface area (Å²) in [4.78, 5) is 11.1. The predicted octanol–water partition coefficient (Wildman–Crippen LogP) is 1.50. The molecule has 0 heterocycles. The SMILES string of the molecule is Cc1ccc(F)c(C(=O)NN)c1Br. The lowest BCUT2D eigenvalue weighted by atomic mass is 10.1. The molecule has 3 nitrogen and oxygen atoms in total. The van der Waals surface area contributed by atoms with Gasteiger partial charge in [0.05, 0.1) is 5.56 Å². The quantitative estimate of drug-likeness (QED) is 0.449. The maximum Gasteiger partial charge on any atom is 0.269 e. The second kappa shape index (κ2) is 3.85. The molecule has 70 valence electrons. The van der Waals surface area contributed by atoms with Crippen LogP contribution in [0.1, 0.15) is 15.9 Å². The molecular formula is C8H8BrFN2O. The average Bonchev–Trinajstić information content (AvgIpc) is 2.12. The average molecular weight is 247 g/mol. The van der Waals surface area contributed by atoms with Crippen LogP contribution in [0.2, 0.25) is 0 Å². The van der Waals surface area contributed by atoms with E-state index in [0.29, 0.717) is 4.47 Å². The van der Waals surface area contributed by atoms with Gasteiger partial charge < -0.3 is 0 Å². The third kappa shape index (κ3) is 1.87. The van der Waals surface area contributed by atoms with E-state index in [9.17, 15) is 9.18 Å². The lowest BCUT2D eigenvalue weighted by molar-refractivity contribution is 0.0948. The van der Waals surface area contributed by atoms with Crippen LogP contribution in [0.4, 0.5) is 4.39 Å². The lowest BCUT2D eigenvalue weighted by Gasteiger charge is -2.06. The number of hydrogen-bond acceptors (Lipinski definition) is 2. The number of amides is 1. The molecule has 5 heteroatoms. The van der Waals surface area contributed by atoms with Crippen LogP contribution in [0.15, 0.2) is 16.6 Å². The molecule has 0 aliphatic carbocycles. The minimum atomic E-state index is -0.645. The van der Waals surface area contributed by atoms with Gasteiger partial charge in [-0.3, -0.25) is 10.2 Å². The molecule has 0 bridgehead atoms. The number of hydrogen-bond donors (Lipinski definition) is 2. The highest BCUT2D eigenvalue weighted by Gasteiger charge is 2.15. The first kappa shape index (κ1) is 10.1. The Morgan fingerprint density at radius 3 is 2.77 bits per heavy atom. The summed E-state index contributed by atoms with van der Waals surface area (Å²) in [6, 6.07) is 2.80. The highest BCUT2D eigenvalue weighted by Crippen LogP contribution is 2.23. The van der Waals surface area contributed by atoms with E-state index in [1.807, 2.05) is 5.43 Å². The smallest absolute Gasteiger partial charge is 0.269 e. The minimum Gasteiger partial charge on any atom is -0.290 e. The monoisotopic (exact) mass is 246 g/mol. The standard InChI is InChI=1S/C8H8BrFN2O/c1-4-2-3-5(10)6(7(4)9)8(13)12-11/h2-3H,11H2,1H3,(H,12,13). The van der Waals surface area contributed by atoms with Crippen molar-refractivity contribution in [2.45, 2.75) is 6.92 Å². The summed E-state index contributed by atoms with van der Waals surface area (Å²) >= 11 is 3.12. The number of nitrogens with two attached hydrogens (primary N) is 1. The molecule has 0 saturated heterocycles. The maximum absolute atomic E-state index is 13.1. The zero-order valence-electron chi connectivity index (χ0n) is 6.90. The van der Waals surface area contributed by atoms with Crippen molar-refractivity contribution >= 4 is 21.8 Å². The minimum absolute atomic E-state index is 0.0671. The van der Waals surface area contributed by atoms with Crippen molar-refractivity contribution in [1.29, 1.82) is 0 Å². The summed E-state index contributed by atoms with van der Waals surface area (Å²) in [5.74, 6) is 3.66. The number of aryl methyl sites for hydroxylation is 1. The second-order valence-corrected chi connectivity index (χ2v) is 3.32. The third-order valence-electron chi connectivity index (χ3n) is 1.64. The predicted molar refractivity (Wildman–Crippen MR) is 50.5 cm³/mol.